The molecule has 3 nitrogen and oxygen atoms in total. The summed E-state index contributed by atoms with van der Waals surface area (Å²) in [5.74, 6) is 0.160. The minimum absolute atomic E-state index is 0.160. The molecule has 0 aromatic heterocycles. The van der Waals surface area contributed by atoms with E-state index in [4.69, 9.17) is 23.2 Å². The molecule has 1 saturated heterocycles. The molecule has 0 spiro atoms. The van der Waals surface area contributed by atoms with Gasteiger partial charge >= 0.3 is 0 Å². The molecule has 2 aromatic carbocycles. The SMILES string of the molecule is CC.CN1CCN(CC(c2ccc(-c3ccc(Cl)c(Cl)c3)cc2)C2(O)CCC2)CC1. The smallest absolute Gasteiger partial charge is 0.0728 e. The topological polar surface area (TPSA) is 26.7 Å². The minimum atomic E-state index is -0.561. The molecule has 1 saturated carbocycles. The molecule has 1 aliphatic heterocycles. The van der Waals surface area contributed by atoms with Crippen LogP contribution < -0.4 is 0 Å². The van der Waals surface area contributed by atoms with E-state index in [1.165, 1.54) is 5.56 Å². The van der Waals surface area contributed by atoms with Gasteiger partial charge in [-0.2, -0.15) is 0 Å². The molecular formula is C25H34Cl2N2O. The Morgan fingerprint density at radius 2 is 1.50 bits per heavy atom. The molecule has 164 valence electrons. The highest BCUT2D eigenvalue weighted by molar-refractivity contribution is 6.42. The van der Waals surface area contributed by atoms with Crippen LogP contribution in [0.3, 0.4) is 0 Å². The first-order valence-electron chi connectivity index (χ1n) is 11.1. The van der Waals surface area contributed by atoms with Crippen molar-refractivity contribution in [1.29, 1.82) is 0 Å². The van der Waals surface area contributed by atoms with Crippen LogP contribution in [0.5, 0.6) is 0 Å². The third-order valence-corrected chi connectivity index (χ3v) is 7.21. The van der Waals surface area contributed by atoms with Crippen LogP contribution in [-0.2, 0) is 0 Å². The van der Waals surface area contributed by atoms with Crippen LogP contribution in [0.4, 0.5) is 0 Å². The van der Waals surface area contributed by atoms with Gasteiger partial charge in [-0.25, -0.2) is 0 Å². The third kappa shape index (κ3) is 5.38. The van der Waals surface area contributed by atoms with Crippen molar-refractivity contribution in [3.63, 3.8) is 0 Å². The van der Waals surface area contributed by atoms with Gasteiger partial charge in [0, 0.05) is 38.6 Å². The summed E-state index contributed by atoms with van der Waals surface area (Å²) in [6.45, 7) is 9.27. The predicted octanol–water partition coefficient (Wildman–Crippen LogP) is 5.93. The zero-order valence-corrected chi connectivity index (χ0v) is 19.9. The lowest BCUT2D eigenvalue weighted by atomic mass is 9.68. The fourth-order valence-corrected chi connectivity index (χ4v) is 4.64. The molecule has 1 heterocycles. The molecular weight excluding hydrogens is 415 g/mol. The van der Waals surface area contributed by atoms with E-state index >= 15 is 0 Å². The highest BCUT2D eigenvalue weighted by atomic mass is 35.5. The number of aliphatic hydroxyl groups is 1. The van der Waals surface area contributed by atoms with Crippen molar-refractivity contribution in [2.24, 2.45) is 0 Å². The summed E-state index contributed by atoms with van der Waals surface area (Å²) in [7, 11) is 2.18. The number of piperazine rings is 1. The van der Waals surface area contributed by atoms with Crippen molar-refractivity contribution < 1.29 is 5.11 Å². The lowest BCUT2D eigenvalue weighted by Crippen LogP contribution is -2.51. The zero-order chi connectivity index (χ0) is 21.7. The van der Waals surface area contributed by atoms with Crippen LogP contribution in [0.2, 0.25) is 10.0 Å². The second kappa shape index (κ2) is 10.5. The summed E-state index contributed by atoms with van der Waals surface area (Å²) in [6, 6.07) is 14.3. The van der Waals surface area contributed by atoms with Gasteiger partial charge in [-0.1, -0.05) is 67.4 Å². The summed E-state index contributed by atoms with van der Waals surface area (Å²) < 4.78 is 0. The van der Waals surface area contributed by atoms with E-state index in [1.807, 2.05) is 32.0 Å². The van der Waals surface area contributed by atoms with E-state index < -0.39 is 5.60 Å². The van der Waals surface area contributed by atoms with Crippen molar-refractivity contribution in [3.8, 4) is 11.1 Å². The van der Waals surface area contributed by atoms with E-state index in [0.717, 1.165) is 63.1 Å². The average molecular weight is 449 g/mol. The first-order chi connectivity index (χ1) is 14.4. The van der Waals surface area contributed by atoms with Crippen LogP contribution in [0, 0.1) is 0 Å². The summed E-state index contributed by atoms with van der Waals surface area (Å²) in [4.78, 5) is 4.88. The number of hydrogen-bond donors (Lipinski definition) is 1. The van der Waals surface area contributed by atoms with Crippen LogP contribution in [0.1, 0.15) is 44.6 Å². The molecule has 0 radical (unpaired) electrons. The highest BCUT2D eigenvalue weighted by Crippen LogP contribution is 2.44. The standard InChI is InChI=1S/C23H28Cl2N2O.C2H6/c1-26-11-13-27(14-12-26)16-20(23(28)9-2-10-23)18-5-3-17(4-6-18)19-7-8-21(24)22(25)15-19;1-2/h3-8,15,20,28H,2,9-14,16H2,1H3;1-2H3. The fraction of sp³-hybridized carbons (Fsp3) is 0.520. The Bertz CT molecular complexity index is 812. The first kappa shape index (κ1) is 23.6. The van der Waals surface area contributed by atoms with Gasteiger partial charge in [0.15, 0.2) is 0 Å². The van der Waals surface area contributed by atoms with Gasteiger partial charge in [0.25, 0.3) is 0 Å². The Morgan fingerprint density at radius 1 is 0.900 bits per heavy atom. The molecule has 1 aliphatic carbocycles. The molecule has 2 aliphatic rings. The predicted molar refractivity (Wildman–Crippen MR) is 129 cm³/mol. The molecule has 5 heteroatoms. The van der Waals surface area contributed by atoms with Gasteiger partial charge in [-0.3, -0.25) is 0 Å². The van der Waals surface area contributed by atoms with E-state index in [1.54, 1.807) is 0 Å². The Balaban J connectivity index is 0.00000124. The normalized spacial score (nSPS) is 20.1. The minimum Gasteiger partial charge on any atom is -0.389 e. The molecule has 1 atom stereocenters. The molecule has 30 heavy (non-hydrogen) atoms. The molecule has 4 rings (SSSR count). The number of benzene rings is 2. The van der Waals surface area contributed by atoms with Gasteiger partial charge < -0.3 is 14.9 Å². The van der Waals surface area contributed by atoms with Crippen LogP contribution >= 0.6 is 23.2 Å². The van der Waals surface area contributed by atoms with Crippen molar-refractivity contribution in [3.05, 3.63) is 58.1 Å². The van der Waals surface area contributed by atoms with E-state index in [9.17, 15) is 5.11 Å². The van der Waals surface area contributed by atoms with Crippen molar-refractivity contribution in [1.82, 2.24) is 9.80 Å². The second-order valence-corrected chi connectivity index (χ2v) is 9.18. The Labute approximate surface area is 191 Å². The summed E-state index contributed by atoms with van der Waals surface area (Å²) in [6.07, 6.45) is 2.93. The molecule has 0 bridgehead atoms. The highest BCUT2D eigenvalue weighted by Gasteiger charge is 2.43. The van der Waals surface area contributed by atoms with Crippen LogP contribution in [0.15, 0.2) is 42.5 Å². The molecule has 1 unspecified atom stereocenters. The van der Waals surface area contributed by atoms with Crippen molar-refractivity contribution in [2.75, 3.05) is 39.8 Å². The summed E-state index contributed by atoms with van der Waals surface area (Å²) in [5.41, 5.74) is 2.83. The lowest BCUT2D eigenvalue weighted by Gasteiger charge is -2.46. The second-order valence-electron chi connectivity index (χ2n) is 8.36. The lowest BCUT2D eigenvalue weighted by molar-refractivity contribution is -0.0665. The van der Waals surface area contributed by atoms with E-state index in [0.29, 0.717) is 10.0 Å². The maximum Gasteiger partial charge on any atom is 0.0728 e. The van der Waals surface area contributed by atoms with Gasteiger partial charge in [0.05, 0.1) is 15.6 Å². The Morgan fingerprint density at radius 3 is 2.03 bits per heavy atom. The number of rotatable bonds is 5. The fourth-order valence-electron chi connectivity index (χ4n) is 4.35. The molecule has 0 amide bonds. The summed E-state index contributed by atoms with van der Waals surface area (Å²) in [5, 5.41) is 12.3. The first-order valence-corrected chi connectivity index (χ1v) is 11.9. The van der Waals surface area contributed by atoms with Gasteiger partial charge in [0.2, 0.25) is 0 Å². The maximum atomic E-state index is 11.2. The number of likely N-dealkylation sites (N-methyl/N-ethyl adjacent to an activating group) is 1. The van der Waals surface area contributed by atoms with Crippen molar-refractivity contribution in [2.45, 2.75) is 44.6 Å². The van der Waals surface area contributed by atoms with Gasteiger partial charge in [-0.15, -0.1) is 0 Å². The van der Waals surface area contributed by atoms with Gasteiger partial charge in [-0.05, 0) is 55.1 Å². The third-order valence-electron chi connectivity index (χ3n) is 6.47. The van der Waals surface area contributed by atoms with Crippen LogP contribution in [0.25, 0.3) is 11.1 Å². The van der Waals surface area contributed by atoms with Crippen molar-refractivity contribution >= 4 is 23.2 Å². The molecule has 2 aromatic rings. The van der Waals surface area contributed by atoms with E-state index in [-0.39, 0.29) is 5.92 Å². The van der Waals surface area contributed by atoms with Crippen LogP contribution in [-0.4, -0.2) is 60.3 Å². The van der Waals surface area contributed by atoms with Gasteiger partial charge in [0.1, 0.15) is 0 Å². The summed E-state index contributed by atoms with van der Waals surface area (Å²) >= 11 is 12.2. The number of nitrogens with zero attached hydrogens (tertiary/aromatic N) is 2. The number of hydrogen-bond acceptors (Lipinski definition) is 3. The zero-order valence-electron chi connectivity index (χ0n) is 18.4. The number of halogens is 2. The molecule has 2 fully saturated rings. The quantitative estimate of drug-likeness (QED) is 0.613. The molecule has 1 N–H and O–H groups in total. The average Bonchev–Trinajstić information content (AvgIpc) is 2.75. The monoisotopic (exact) mass is 448 g/mol. The Kier molecular flexibility index (Phi) is 8.23. The largest absolute Gasteiger partial charge is 0.389 e. The van der Waals surface area contributed by atoms with E-state index in [2.05, 4.69) is 41.1 Å². The Hall–Kier alpha value is -1.10. The maximum absolute atomic E-state index is 11.2.